The van der Waals surface area contributed by atoms with Crippen LogP contribution in [0.5, 0.6) is 0 Å². The summed E-state index contributed by atoms with van der Waals surface area (Å²) in [4.78, 5) is 12.1. The highest BCUT2D eigenvalue weighted by Gasteiger charge is 2.33. The number of hydrogen-bond acceptors (Lipinski definition) is 6. The molecule has 0 unspecified atom stereocenters. The first-order chi connectivity index (χ1) is 17.7. The van der Waals surface area contributed by atoms with Gasteiger partial charge in [0.1, 0.15) is 12.2 Å². The van der Waals surface area contributed by atoms with Crippen molar-refractivity contribution in [3.05, 3.63) is 120 Å². The Balaban J connectivity index is 1.80. The molecule has 190 valence electrons. The molecule has 0 saturated carbocycles. The predicted molar refractivity (Wildman–Crippen MR) is 138 cm³/mol. The SMILES string of the molecule is CO/C=C/[C@@H](OCc1ccccc1)[C@@H](OCc1ccccc1)[C@@H](COCc1ccccc1)OC(C)=O. The first-order valence-electron chi connectivity index (χ1n) is 11.9. The topological polar surface area (TPSA) is 63.2 Å². The Kier molecular flexibility index (Phi) is 11.7. The van der Waals surface area contributed by atoms with E-state index in [0.717, 1.165) is 16.7 Å². The zero-order valence-electron chi connectivity index (χ0n) is 20.8. The van der Waals surface area contributed by atoms with Crippen LogP contribution >= 0.6 is 0 Å². The molecule has 0 aromatic heterocycles. The lowest BCUT2D eigenvalue weighted by molar-refractivity contribution is -0.174. The van der Waals surface area contributed by atoms with E-state index >= 15 is 0 Å². The molecule has 0 heterocycles. The van der Waals surface area contributed by atoms with Crippen molar-refractivity contribution in [1.82, 2.24) is 0 Å². The fraction of sp³-hybridized carbons (Fsp3) is 0.300. The molecule has 0 N–H and O–H groups in total. The molecule has 0 bridgehead atoms. The molecule has 0 radical (unpaired) electrons. The van der Waals surface area contributed by atoms with Crippen molar-refractivity contribution in [2.45, 2.75) is 45.1 Å². The Morgan fingerprint density at radius 3 is 1.75 bits per heavy atom. The van der Waals surface area contributed by atoms with Gasteiger partial charge in [-0.25, -0.2) is 0 Å². The first kappa shape index (κ1) is 27.1. The van der Waals surface area contributed by atoms with Crippen LogP contribution in [0.25, 0.3) is 0 Å². The van der Waals surface area contributed by atoms with E-state index in [9.17, 15) is 4.79 Å². The van der Waals surface area contributed by atoms with Crippen LogP contribution in [0.3, 0.4) is 0 Å². The van der Waals surface area contributed by atoms with Gasteiger partial charge in [-0.3, -0.25) is 4.79 Å². The molecule has 6 heteroatoms. The second kappa shape index (κ2) is 15.5. The van der Waals surface area contributed by atoms with Crippen LogP contribution in [-0.2, 0) is 48.3 Å². The summed E-state index contributed by atoms with van der Waals surface area (Å²) < 4.78 is 29.5. The van der Waals surface area contributed by atoms with Gasteiger partial charge in [-0.15, -0.1) is 0 Å². The van der Waals surface area contributed by atoms with Crippen LogP contribution in [0.15, 0.2) is 103 Å². The molecule has 3 rings (SSSR count). The highest BCUT2D eigenvalue weighted by molar-refractivity contribution is 5.66. The van der Waals surface area contributed by atoms with Gasteiger partial charge in [0.25, 0.3) is 0 Å². The van der Waals surface area contributed by atoms with Gasteiger partial charge in [-0.1, -0.05) is 91.0 Å². The van der Waals surface area contributed by atoms with Gasteiger partial charge in [-0.05, 0) is 22.8 Å². The average Bonchev–Trinajstić information content (AvgIpc) is 2.91. The molecule has 0 fully saturated rings. The van der Waals surface area contributed by atoms with E-state index < -0.39 is 24.3 Å². The predicted octanol–water partition coefficient (Wildman–Crippen LogP) is 5.47. The molecular weight excluding hydrogens is 456 g/mol. The van der Waals surface area contributed by atoms with Gasteiger partial charge in [-0.2, -0.15) is 0 Å². The number of benzene rings is 3. The Labute approximate surface area is 213 Å². The van der Waals surface area contributed by atoms with E-state index in [1.54, 1.807) is 19.4 Å². The minimum Gasteiger partial charge on any atom is -0.505 e. The standard InChI is InChI=1S/C30H34O6/c1-24(31)36-29(23-33-20-25-12-6-3-7-13-25)30(35-22-27-16-10-5-11-17-27)28(18-19-32-2)34-21-26-14-8-4-9-15-26/h3-19,28-30H,20-23H2,1-2H3/b19-18+/t28-,29-,30-/m1/s1. The van der Waals surface area contributed by atoms with Crippen molar-refractivity contribution in [3.63, 3.8) is 0 Å². The van der Waals surface area contributed by atoms with Crippen molar-refractivity contribution in [3.8, 4) is 0 Å². The number of rotatable bonds is 15. The molecule has 0 saturated heterocycles. The van der Waals surface area contributed by atoms with Gasteiger partial charge >= 0.3 is 5.97 Å². The fourth-order valence-electron chi connectivity index (χ4n) is 3.64. The Morgan fingerprint density at radius 1 is 0.750 bits per heavy atom. The van der Waals surface area contributed by atoms with Crippen LogP contribution < -0.4 is 0 Å². The van der Waals surface area contributed by atoms with Crippen molar-refractivity contribution < 1.29 is 28.5 Å². The zero-order valence-corrected chi connectivity index (χ0v) is 20.8. The van der Waals surface area contributed by atoms with Crippen LogP contribution in [0, 0.1) is 0 Å². The summed E-state index contributed by atoms with van der Waals surface area (Å²) in [5.41, 5.74) is 3.03. The van der Waals surface area contributed by atoms with E-state index in [-0.39, 0.29) is 6.61 Å². The zero-order chi connectivity index (χ0) is 25.4. The van der Waals surface area contributed by atoms with Gasteiger partial charge in [0.15, 0.2) is 6.10 Å². The van der Waals surface area contributed by atoms with E-state index in [0.29, 0.717) is 19.8 Å². The van der Waals surface area contributed by atoms with Crippen molar-refractivity contribution in [2.75, 3.05) is 13.7 Å². The van der Waals surface area contributed by atoms with Gasteiger partial charge in [0, 0.05) is 6.92 Å². The summed E-state index contributed by atoms with van der Waals surface area (Å²) in [5, 5.41) is 0. The van der Waals surface area contributed by atoms with Gasteiger partial charge in [0.05, 0.1) is 39.8 Å². The maximum absolute atomic E-state index is 12.1. The van der Waals surface area contributed by atoms with Gasteiger partial charge in [0.2, 0.25) is 0 Å². The quantitative estimate of drug-likeness (QED) is 0.208. The lowest BCUT2D eigenvalue weighted by Gasteiger charge is -2.31. The molecule has 0 spiro atoms. The maximum Gasteiger partial charge on any atom is 0.303 e. The summed E-state index contributed by atoms with van der Waals surface area (Å²) in [7, 11) is 1.57. The summed E-state index contributed by atoms with van der Waals surface area (Å²) in [5.74, 6) is -0.422. The molecule has 0 aliphatic heterocycles. The first-order valence-corrected chi connectivity index (χ1v) is 11.9. The molecule has 3 aromatic carbocycles. The third-order valence-corrected chi connectivity index (χ3v) is 5.38. The number of esters is 1. The second-order valence-corrected chi connectivity index (χ2v) is 8.24. The Hall–Kier alpha value is -3.45. The minimum absolute atomic E-state index is 0.139. The van der Waals surface area contributed by atoms with Crippen molar-refractivity contribution in [1.29, 1.82) is 0 Å². The Morgan fingerprint density at radius 2 is 1.25 bits per heavy atom. The second-order valence-electron chi connectivity index (χ2n) is 8.24. The van der Waals surface area contributed by atoms with Crippen LogP contribution in [0.2, 0.25) is 0 Å². The van der Waals surface area contributed by atoms with Crippen LogP contribution in [-0.4, -0.2) is 38.0 Å². The molecule has 3 atom stereocenters. The summed E-state index contributed by atoms with van der Waals surface area (Å²) >= 11 is 0. The lowest BCUT2D eigenvalue weighted by Crippen LogP contribution is -2.45. The fourth-order valence-corrected chi connectivity index (χ4v) is 3.64. The number of carbonyl (C=O) groups is 1. The third kappa shape index (κ3) is 9.66. The smallest absolute Gasteiger partial charge is 0.303 e. The normalized spacial score (nSPS) is 13.7. The van der Waals surface area contributed by atoms with Gasteiger partial charge < -0.3 is 23.7 Å². The lowest BCUT2D eigenvalue weighted by atomic mass is 10.1. The van der Waals surface area contributed by atoms with Crippen LogP contribution in [0.4, 0.5) is 0 Å². The molecule has 36 heavy (non-hydrogen) atoms. The summed E-state index contributed by atoms with van der Waals surface area (Å²) in [6.07, 6.45) is 1.38. The molecule has 0 aliphatic carbocycles. The number of methoxy groups -OCH3 is 1. The maximum atomic E-state index is 12.1. The minimum atomic E-state index is -0.711. The third-order valence-electron chi connectivity index (χ3n) is 5.38. The van der Waals surface area contributed by atoms with E-state index in [2.05, 4.69) is 0 Å². The number of hydrogen-bond donors (Lipinski definition) is 0. The Bertz CT molecular complexity index is 1020. The summed E-state index contributed by atoms with van der Waals surface area (Å²) in [6.45, 7) is 2.56. The van der Waals surface area contributed by atoms with Crippen LogP contribution in [0.1, 0.15) is 23.6 Å². The summed E-state index contributed by atoms with van der Waals surface area (Å²) in [6, 6.07) is 29.5. The monoisotopic (exact) mass is 490 g/mol. The highest BCUT2D eigenvalue weighted by Crippen LogP contribution is 2.19. The highest BCUT2D eigenvalue weighted by atomic mass is 16.6. The average molecular weight is 491 g/mol. The van der Waals surface area contributed by atoms with E-state index in [4.69, 9.17) is 23.7 Å². The molecule has 3 aromatic rings. The number of ether oxygens (including phenoxy) is 5. The molecule has 0 aliphatic rings. The van der Waals surface area contributed by atoms with Crippen molar-refractivity contribution >= 4 is 5.97 Å². The molecule has 0 amide bonds. The molecule has 6 nitrogen and oxygen atoms in total. The molecular formula is C30H34O6. The van der Waals surface area contributed by atoms with E-state index in [1.807, 2.05) is 91.0 Å². The largest absolute Gasteiger partial charge is 0.505 e. The number of carbonyl (C=O) groups excluding carboxylic acids is 1. The van der Waals surface area contributed by atoms with E-state index in [1.165, 1.54) is 6.92 Å². The van der Waals surface area contributed by atoms with Crippen molar-refractivity contribution in [2.24, 2.45) is 0 Å².